The van der Waals surface area contributed by atoms with Gasteiger partial charge in [-0.25, -0.2) is 4.79 Å². The summed E-state index contributed by atoms with van der Waals surface area (Å²) in [5.41, 5.74) is 7.61. The van der Waals surface area contributed by atoms with Crippen LogP contribution in [0.2, 0.25) is 0 Å². The molecule has 0 spiro atoms. The highest BCUT2D eigenvalue weighted by atomic mass is 16.4. The van der Waals surface area contributed by atoms with Crippen LogP contribution in [-0.4, -0.2) is 15.6 Å². The Hall–Kier alpha value is -3.85. The van der Waals surface area contributed by atoms with Gasteiger partial charge in [-0.1, -0.05) is 72.3 Å². The number of carboxylic acids is 1. The second-order valence-corrected chi connectivity index (χ2v) is 7.47. The average Bonchev–Trinajstić information content (AvgIpc) is 3.13. The average molecular weight is 393 g/mol. The summed E-state index contributed by atoms with van der Waals surface area (Å²) in [4.78, 5) is 11.6. The summed E-state index contributed by atoms with van der Waals surface area (Å²) in [5.74, 6) is -0.933. The molecule has 148 valence electrons. The number of aromatic carboxylic acids is 1. The molecule has 0 saturated heterocycles. The van der Waals surface area contributed by atoms with Gasteiger partial charge in [0, 0.05) is 11.3 Å². The highest BCUT2D eigenvalue weighted by molar-refractivity contribution is 5.89. The monoisotopic (exact) mass is 393 g/mol. The molecule has 0 aliphatic rings. The summed E-state index contributed by atoms with van der Waals surface area (Å²) in [6.07, 6.45) is 2.15. The molecule has 1 heterocycles. The van der Waals surface area contributed by atoms with Gasteiger partial charge in [-0.3, -0.25) is 0 Å². The molecule has 1 aromatic heterocycles. The maximum atomic E-state index is 11.6. The maximum Gasteiger partial charge on any atom is 0.335 e. The molecule has 0 bridgehead atoms. The topological polar surface area (TPSA) is 42.2 Å². The van der Waals surface area contributed by atoms with Crippen molar-refractivity contribution in [2.45, 2.75) is 13.8 Å². The van der Waals surface area contributed by atoms with Gasteiger partial charge in [-0.2, -0.15) is 0 Å². The van der Waals surface area contributed by atoms with Gasteiger partial charge in [0.1, 0.15) is 0 Å². The van der Waals surface area contributed by atoms with Crippen LogP contribution >= 0.6 is 0 Å². The molecule has 4 rings (SSSR count). The van der Waals surface area contributed by atoms with Gasteiger partial charge in [0.25, 0.3) is 0 Å². The van der Waals surface area contributed by atoms with E-state index in [0.29, 0.717) is 0 Å². The predicted molar refractivity (Wildman–Crippen MR) is 123 cm³/mol. The highest BCUT2D eigenvalue weighted by Gasteiger charge is 2.18. The number of carboxylic acid groups (broad SMARTS) is 1. The molecule has 0 atom stereocenters. The van der Waals surface area contributed by atoms with Crippen LogP contribution < -0.4 is 0 Å². The van der Waals surface area contributed by atoms with Gasteiger partial charge < -0.3 is 9.67 Å². The second-order valence-electron chi connectivity index (χ2n) is 7.47. The molecule has 0 fully saturated rings. The number of aromatic nitrogens is 1. The molecule has 0 amide bonds. The molecule has 4 aromatic rings. The van der Waals surface area contributed by atoms with E-state index in [9.17, 15) is 9.90 Å². The summed E-state index contributed by atoms with van der Waals surface area (Å²) in [5, 5.41) is 9.52. The van der Waals surface area contributed by atoms with Crippen LogP contribution in [0.4, 0.5) is 0 Å². The fraction of sp³-hybridized carbons (Fsp3) is 0.0741. The number of carbonyl (C=O) groups is 1. The lowest BCUT2D eigenvalue weighted by molar-refractivity contribution is 0.0697. The predicted octanol–water partition coefficient (Wildman–Crippen LogP) is 6.93. The van der Waals surface area contributed by atoms with Crippen LogP contribution in [0.25, 0.3) is 34.1 Å². The maximum absolute atomic E-state index is 11.6. The molecule has 0 aliphatic heterocycles. The van der Waals surface area contributed by atoms with Crippen LogP contribution in [-0.2, 0) is 0 Å². The number of nitrogens with zero attached hydrogens (tertiary/aromatic N) is 1. The van der Waals surface area contributed by atoms with E-state index in [0.717, 1.165) is 33.8 Å². The van der Waals surface area contributed by atoms with E-state index in [2.05, 4.69) is 54.8 Å². The van der Waals surface area contributed by atoms with Gasteiger partial charge in [-0.05, 0) is 55.3 Å². The van der Waals surface area contributed by atoms with E-state index in [1.807, 2.05) is 42.5 Å². The van der Waals surface area contributed by atoms with Crippen LogP contribution in [0.5, 0.6) is 0 Å². The van der Waals surface area contributed by atoms with E-state index in [4.69, 9.17) is 0 Å². The zero-order chi connectivity index (χ0) is 21.1. The Morgan fingerprint density at radius 2 is 1.43 bits per heavy atom. The van der Waals surface area contributed by atoms with E-state index >= 15 is 0 Å². The van der Waals surface area contributed by atoms with Crippen molar-refractivity contribution in [3.63, 3.8) is 0 Å². The standard InChI is InChI=1S/C27H23NO2/c1-19(2)16-26-24(20-10-5-3-6-11-20)18-25(21-12-7-4-8-13-21)28(26)23-15-9-14-22(17-23)27(29)30/h3-18H,1-2H3,(H,29,30). The van der Waals surface area contributed by atoms with E-state index in [-0.39, 0.29) is 5.56 Å². The van der Waals surface area contributed by atoms with Crippen LogP contribution in [0.15, 0.2) is 96.6 Å². The largest absolute Gasteiger partial charge is 0.478 e. The Balaban J connectivity index is 2.08. The smallest absolute Gasteiger partial charge is 0.335 e. The quantitative estimate of drug-likeness (QED) is 0.399. The van der Waals surface area contributed by atoms with Crippen molar-refractivity contribution in [3.8, 4) is 28.1 Å². The summed E-state index contributed by atoms with van der Waals surface area (Å²) >= 11 is 0. The molecule has 0 aliphatic carbocycles. The number of allylic oxidation sites excluding steroid dienone is 1. The third-order valence-electron chi connectivity index (χ3n) is 4.97. The minimum absolute atomic E-state index is 0.268. The fourth-order valence-electron chi connectivity index (χ4n) is 3.67. The highest BCUT2D eigenvalue weighted by Crippen LogP contribution is 2.36. The summed E-state index contributed by atoms with van der Waals surface area (Å²) in [7, 11) is 0. The van der Waals surface area contributed by atoms with Crippen molar-refractivity contribution < 1.29 is 9.90 Å². The molecule has 0 unspecified atom stereocenters. The molecule has 3 nitrogen and oxygen atoms in total. The molecule has 3 aromatic carbocycles. The van der Waals surface area contributed by atoms with Crippen molar-refractivity contribution in [1.29, 1.82) is 0 Å². The summed E-state index contributed by atoms with van der Waals surface area (Å²) in [6.45, 7) is 4.14. The Labute approximate surface area is 176 Å². The first-order valence-electron chi connectivity index (χ1n) is 9.90. The molecule has 1 N–H and O–H groups in total. The van der Waals surface area contributed by atoms with Crippen molar-refractivity contribution in [2.75, 3.05) is 0 Å². The Kier molecular flexibility index (Phi) is 5.36. The molecule has 0 saturated carbocycles. The van der Waals surface area contributed by atoms with E-state index < -0.39 is 5.97 Å². The van der Waals surface area contributed by atoms with Crippen molar-refractivity contribution in [3.05, 3.63) is 108 Å². The van der Waals surface area contributed by atoms with Crippen LogP contribution in [0.1, 0.15) is 29.9 Å². The van der Waals surface area contributed by atoms with Crippen molar-refractivity contribution in [1.82, 2.24) is 4.57 Å². The number of benzene rings is 3. The number of hydrogen-bond donors (Lipinski definition) is 1. The van der Waals surface area contributed by atoms with Crippen LogP contribution in [0, 0.1) is 0 Å². The molecule has 0 radical (unpaired) electrons. The first-order chi connectivity index (χ1) is 14.5. The minimum Gasteiger partial charge on any atom is -0.478 e. The van der Waals surface area contributed by atoms with E-state index in [1.54, 1.807) is 18.2 Å². The zero-order valence-corrected chi connectivity index (χ0v) is 17.0. The van der Waals surface area contributed by atoms with E-state index in [1.165, 1.54) is 5.57 Å². The zero-order valence-electron chi connectivity index (χ0n) is 17.0. The second kappa shape index (κ2) is 8.26. The minimum atomic E-state index is -0.933. The van der Waals surface area contributed by atoms with Gasteiger partial charge in [0.15, 0.2) is 0 Å². The Bertz CT molecular complexity index is 1210. The lowest BCUT2D eigenvalue weighted by Gasteiger charge is -2.14. The lowest BCUT2D eigenvalue weighted by atomic mass is 10.0. The first kappa shape index (κ1) is 19.5. The van der Waals surface area contributed by atoms with Gasteiger partial charge >= 0.3 is 5.97 Å². The summed E-state index contributed by atoms with van der Waals surface area (Å²) in [6, 6.07) is 29.8. The third-order valence-corrected chi connectivity index (χ3v) is 4.97. The van der Waals surface area contributed by atoms with Crippen molar-refractivity contribution >= 4 is 12.0 Å². The van der Waals surface area contributed by atoms with Gasteiger partial charge in [0.2, 0.25) is 0 Å². The van der Waals surface area contributed by atoms with Gasteiger partial charge in [0.05, 0.1) is 17.0 Å². The summed E-state index contributed by atoms with van der Waals surface area (Å²) < 4.78 is 2.15. The fourth-order valence-corrected chi connectivity index (χ4v) is 3.67. The third kappa shape index (κ3) is 3.83. The molecular formula is C27H23NO2. The lowest BCUT2D eigenvalue weighted by Crippen LogP contribution is -2.03. The first-order valence-corrected chi connectivity index (χ1v) is 9.90. The Morgan fingerprint density at radius 3 is 2.03 bits per heavy atom. The van der Waals surface area contributed by atoms with Gasteiger partial charge in [-0.15, -0.1) is 0 Å². The number of rotatable bonds is 5. The molecular weight excluding hydrogens is 370 g/mol. The number of hydrogen-bond acceptors (Lipinski definition) is 1. The Morgan fingerprint density at radius 1 is 0.800 bits per heavy atom. The molecule has 3 heteroatoms. The SMILES string of the molecule is CC(C)=Cc1c(-c2ccccc2)cc(-c2ccccc2)n1-c1cccc(C(=O)O)c1. The van der Waals surface area contributed by atoms with Crippen molar-refractivity contribution in [2.24, 2.45) is 0 Å². The molecule has 30 heavy (non-hydrogen) atoms. The normalized spacial score (nSPS) is 10.6. The van der Waals surface area contributed by atoms with Crippen LogP contribution in [0.3, 0.4) is 0 Å².